The highest BCUT2D eigenvalue weighted by molar-refractivity contribution is 5.78. The fraction of sp³-hybridized carbons (Fsp3) is 0.824. The maximum Gasteiger partial charge on any atom is 0.224 e. The van der Waals surface area contributed by atoms with E-state index >= 15 is 0 Å². The summed E-state index contributed by atoms with van der Waals surface area (Å²) in [6.45, 7) is 7.21. The van der Waals surface area contributed by atoms with E-state index in [1.165, 1.54) is 0 Å². The molecule has 0 radical (unpaired) electrons. The number of nitrogens with zero attached hydrogens (tertiary/aromatic N) is 5. The maximum absolute atomic E-state index is 12.5. The number of carbonyl (C=O) groups excluding carboxylic acids is 1. The van der Waals surface area contributed by atoms with Crippen LogP contribution in [0.2, 0.25) is 0 Å². The van der Waals surface area contributed by atoms with E-state index in [0.717, 1.165) is 50.5 Å². The number of hydrogen-bond donors (Lipinski definition) is 1. The minimum atomic E-state index is 0.0929. The lowest BCUT2D eigenvalue weighted by molar-refractivity contribution is -0.125. The van der Waals surface area contributed by atoms with Crippen molar-refractivity contribution in [2.24, 2.45) is 5.92 Å². The van der Waals surface area contributed by atoms with Crippen molar-refractivity contribution in [3.05, 3.63) is 11.6 Å². The van der Waals surface area contributed by atoms with Crippen LogP contribution in [-0.4, -0.2) is 77.3 Å². The topological polar surface area (TPSA) is 66.3 Å². The summed E-state index contributed by atoms with van der Waals surface area (Å²) in [6.07, 6.45) is 2.91. The smallest absolute Gasteiger partial charge is 0.224 e. The Morgan fingerprint density at radius 2 is 2.04 bits per heavy atom. The molecular weight excluding hydrogens is 304 g/mol. The molecule has 7 nitrogen and oxygen atoms in total. The van der Waals surface area contributed by atoms with Gasteiger partial charge in [0.05, 0.1) is 5.92 Å². The zero-order valence-corrected chi connectivity index (χ0v) is 15.7. The Morgan fingerprint density at radius 3 is 2.67 bits per heavy atom. The molecule has 1 fully saturated rings. The van der Waals surface area contributed by atoms with Crippen molar-refractivity contribution in [1.82, 2.24) is 29.9 Å². The van der Waals surface area contributed by atoms with Crippen molar-refractivity contribution >= 4 is 5.91 Å². The molecule has 1 N–H and O–H groups in total. The Bertz CT molecular complexity index is 541. The number of hydrogen-bond acceptors (Lipinski definition) is 5. The second kappa shape index (κ2) is 8.58. The van der Waals surface area contributed by atoms with Crippen molar-refractivity contribution in [3.8, 4) is 0 Å². The lowest BCUT2D eigenvalue weighted by atomic mass is 10.0. The molecule has 0 aliphatic carbocycles. The fourth-order valence-electron chi connectivity index (χ4n) is 3.38. The molecule has 2 atom stereocenters. The van der Waals surface area contributed by atoms with E-state index in [2.05, 4.69) is 46.3 Å². The van der Waals surface area contributed by atoms with E-state index in [-0.39, 0.29) is 11.8 Å². The first-order chi connectivity index (χ1) is 11.4. The average Bonchev–Trinajstić information content (AvgIpc) is 2.71. The van der Waals surface area contributed by atoms with Gasteiger partial charge in [0.15, 0.2) is 0 Å². The molecule has 24 heavy (non-hydrogen) atoms. The molecule has 2 rings (SSSR count). The highest BCUT2D eigenvalue weighted by Crippen LogP contribution is 2.18. The summed E-state index contributed by atoms with van der Waals surface area (Å²) < 4.78 is 1.91. The van der Waals surface area contributed by atoms with E-state index in [1.54, 1.807) is 0 Å². The van der Waals surface area contributed by atoms with Crippen LogP contribution in [0.3, 0.4) is 0 Å². The number of nitrogens with one attached hydrogen (secondary N) is 1. The van der Waals surface area contributed by atoms with E-state index < -0.39 is 0 Å². The van der Waals surface area contributed by atoms with Crippen LogP contribution in [0.25, 0.3) is 0 Å². The number of likely N-dealkylation sites (tertiary alicyclic amines) is 1. The van der Waals surface area contributed by atoms with Gasteiger partial charge in [0, 0.05) is 32.2 Å². The molecule has 136 valence electrons. The predicted octanol–water partition coefficient (Wildman–Crippen LogP) is 0.673. The van der Waals surface area contributed by atoms with Gasteiger partial charge in [0.1, 0.15) is 11.6 Å². The summed E-state index contributed by atoms with van der Waals surface area (Å²) in [5.41, 5.74) is 0. The molecule has 2 heterocycles. The minimum absolute atomic E-state index is 0.0929. The van der Waals surface area contributed by atoms with Crippen LogP contribution in [-0.2, 0) is 11.3 Å². The van der Waals surface area contributed by atoms with Crippen molar-refractivity contribution < 1.29 is 4.79 Å². The number of rotatable bonds is 6. The summed E-state index contributed by atoms with van der Waals surface area (Å²) in [7, 11) is 6.34. The number of amides is 1. The van der Waals surface area contributed by atoms with Crippen molar-refractivity contribution in [2.75, 3.05) is 40.8 Å². The lowest BCUT2D eigenvalue weighted by Crippen LogP contribution is -2.39. The summed E-state index contributed by atoms with van der Waals surface area (Å²) in [6, 6.07) is 0.534. The second-order valence-corrected chi connectivity index (χ2v) is 7.19. The summed E-state index contributed by atoms with van der Waals surface area (Å²) in [5, 5.41) is 7.45. The molecule has 1 aliphatic rings. The van der Waals surface area contributed by atoms with Gasteiger partial charge in [0.25, 0.3) is 0 Å². The number of carbonyl (C=O) groups is 1. The van der Waals surface area contributed by atoms with Gasteiger partial charge >= 0.3 is 0 Å². The molecule has 1 aromatic heterocycles. The number of aromatic nitrogens is 3. The molecule has 0 spiro atoms. The van der Waals surface area contributed by atoms with Crippen molar-refractivity contribution in [3.63, 3.8) is 0 Å². The SMILES string of the molecule is Cc1nc(C)n(CCCNC(=O)[C@@H]2CC[C@H](N(C)C)CN(C)C2)n1. The molecule has 1 aromatic rings. The quantitative estimate of drug-likeness (QED) is 0.774. The molecule has 0 unspecified atom stereocenters. The zero-order chi connectivity index (χ0) is 17.7. The normalized spacial score (nSPS) is 22.6. The highest BCUT2D eigenvalue weighted by atomic mass is 16.1. The van der Waals surface area contributed by atoms with Crippen LogP contribution in [0.5, 0.6) is 0 Å². The molecule has 7 heteroatoms. The van der Waals surface area contributed by atoms with Gasteiger partial charge in [-0.1, -0.05) is 0 Å². The van der Waals surface area contributed by atoms with Gasteiger partial charge < -0.3 is 15.1 Å². The second-order valence-electron chi connectivity index (χ2n) is 7.19. The minimum Gasteiger partial charge on any atom is -0.356 e. The van der Waals surface area contributed by atoms with Crippen LogP contribution in [0, 0.1) is 19.8 Å². The Hall–Kier alpha value is -1.47. The molecule has 0 aromatic carbocycles. The summed E-state index contributed by atoms with van der Waals surface area (Å²) >= 11 is 0. The first kappa shape index (κ1) is 18.9. The standard InChI is InChI=1S/C17H32N6O/c1-13-19-14(2)23(20-13)10-6-9-18-17(24)15-7-8-16(21(3)4)12-22(5)11-15/h15-16H,6-12H2,1-5H3,(H,18,24)/t15-,16+/m1/s1. The predicted molar refractivity (Wildman–Crippen MR) is 94.8 cm³/mol. The zero-order valence-electron chi connectivity index (χ0n) is 15.7. The van der Waals surface area contributed by atoms with Crippen LogP contribution in [0.4, 0.5) is 0 Å². The van der Waals surface area contributed by atoms with Gasteiger partial charge in [-0.05, 0) is 54.3 Å². The van der Waals surface area contributed by atoms with E-state index in [9.17, 15) is 4.79 Å². The molecule has 0 saturated carbocycles. The van der Waals surface area contributed by atoms with Gasteiger partial charge in [-0.2, -0.15) is 5.10 Å². The Balaban J connectivity index is 1.74. The third-order valence-electron chi connectivity index (χ3n) is 4.81. The Morgan fingerprint density at radius 1 is 1.29 bits per heavy atom. The van der Waals surface area contributed by atoms with Crippen molar-refractivity contribution in [1.29, 1.82) is 0 Å². The first-order valence-corrected chi connectivity index (χ1v) is 8.87. The number of likely N-dealkylation sites (N-methyl/N-ethyl adjacent to an activating group) is 2. The summed E-state index contributed by atoms with van der Waals surface area (Å²) in [4.78, 5) is 21.3. The lowest BCUT2D eigenvalue weighted by Gasteiger charge is -2.25. The van der Waals surface area contributed by atoms with E-state index in [4.69, 9.17) is 0 Å². The van der Waals surface area contributed by atoms with Gasteiger partial charge in [-0.3, -0.25) is 9.48 Å². The van der Waals surface area contributed by atoms with E-state index in [0.29, 0.717) is 12.6 Å². The van der Waals surface area contributed by atoms with Crippen molar-refractivity contribution in [2.45, 2.75) is 45.7 Å². The molecule has 0 bridgehead atoms. The van der Waals surface area contributed by atoms with E-state index in [1.807, 2.05) is 18.5 Å². The molecule has 1 amide bonds. The van der Waals surface area contributed by atoms with Gasteiger partial charge in [-0.25, -0.2) is 4.98 Å². The van der Waals surface area contributed by atoms with Crippen LogP contribution >= 0.6 is 0 Å². The van der Waals surface area contributed by atoms with Gasteiger partial charge in [-0.15, -0.1) is 0 Å². The molecular formula is C17H32N6O. The highest BCUT2D eigenvalue weighted by Gasteiger charge is 2.27. The van der Waals surface area contributed by atoms with Crippen LogP contribution in [0.1, 0.15) is 30.9 Å². The third-order valence-corrected chi connectivity index (χ3v) is 4.81. The monoisotopic (exact) mass is 336 g/mol. The largest absolute Gasteiger partial charge is 0.356 e. The Kier molecular flexibility index (Phi) is 6.74. The Labute approximate surface area is 145 Å². The molecule has 1 saturated heterocycles. The maximum atomic E-state index is 12.5. The first-order valence-electron chi connectivity index (χ1n) is 8.87. The van der Waals surface area contributed by atoms with Crippen LogP contribution in [0.15, 0.2) is 0 Å². The molecule has 1 aliphatic heterocycles. The average molecular weight is 336 g/mol. The number of aryl methyl sites for hydroxylation is 3. The third kappa shape index (κ3) is 5.27. The van der Waals surface area contributed by atoms with Crippen LogP contribution < -0.4 is 5.32 Å². The van der Waals surface area contributed by atoms with Gasteiger partial charge in [0.2, 0.25) is 5.91 Å². The summed E-state index contributed by atoms with van der Waals surface area (Å²) in [5.74, 6) is 2.01. The fourth-order valence-corrected chi connectivity index (χ4v) is 3.38.